The molecule has 7 N–H and O–H groups in total. The zero-order valence-electron chi connectivity index (χ0n) is 83.7. The first kappa shape index (κ1) is 127. The molecule has 0 atom stereocenters. The average molecular weight is 2010 g/mol. The van der Waals surface area contributed by atoms with E-state index in [4.69, 9.17) is 62.6 Å². The number of halogens is 4. The molecule has 35 heteroatoms. The molecule has 0 unspecified atom stereocenters. The van der Waals surface area contributed by atoms with Crippen molar-refractivity contribution < 1.29 is 121 Å². The lowest BCUT2D eigenvalue weighted by Crippen LogP contribution is -2.30. The quantitative estimate of drug-likeness (QED) is 0.0174. The number of carbonyl (C=O) groups is 14. The number of carboxylic acid groups (broad SMARTS) is 7. The van der Waals surface area contributed by atoms with Crippen LogP contribution in [0.15, 0.2) is 170 Å². The molecule has 0 bridgehead atoms. The second kappa shape index (κ2) is 76.7. The molecule has 7 aromatic rings. The van der Waals surface area contributed by atoms with Crippen molar-refractivity contribution in [3.8, 4) is 17.9 Å². The van der Waals surface area contributed by atoms with Gasteiger partial charge >= 0.3 is 41.8 Å². The van der Waals surface area contributed by atoms with Gasteiger partial charge in [-0.1, -0.05) is 107 Å². The highest BCUT2D eigenvalue weighted by molar-refractivity contribution is 6.30. The summed E-state index contributed by atoms with van der Waals surface area (Å²) in [5, 5.41) is 77.6. The third kappa shape index (κ3) is 60.7. The molecule has 0 aromatic heterocycles. The maximum atomic E-state index is 13.6. The molecule has 0 saturated heterocycles. The molecule has 31 nitrogen and oxygen atoms in total. The van der Waals surface area contributed by atoms with E-state index in [1.165, 1.54) is 45.0 Å². The third-order valence-corrected chi connectivity index (χ3v) is 22.6. The first-order valence-corrected chi connectivity index (χ1v) is 48.7. The topological polar surface area (TPSA) is 460 Å². The van der Waals surface area contributed by atoms with Crippen LogP contribution in [0.5, 0.6) is 5.75 Å². The van der Waals surface area contributed by atoms with E-state index in [1.807, 2.05) is 55.5 Å². The Kier molecular flexibility index (Phi) is 68.1. The molecule has 0 aliphatic heterocycles. The Morgan fingerprint density at radius 1 is 0.273 bits per heavy atom. The first-order chi connectivity index (χ1) is 68.2. The molecular weight excluding hydrogens is 1870 g/mol. The Hall–Kier alpha value is -14.0. The van der Waals surface area contributed by atoms with Crippen molar-refractivity contribution >= 4 is 135 Å². The third-order valence-electron chi connectivity index (χ3n) is 22.3. The summed E-state index contributed by atoms with van der Waals surface area (Å²) in [6, 6.07) is 50.1. The van der Waals surface area contributed by atoms with Gasteiger partial charge in [0.1, 0.15) is 23.2 Å². The molecule has 780 valence electrons. The molecule has 143 heavy (non-hydrogen) atoms. The van der Waals surface area contributed by atoms with Crippen molar-refractivity contribution in [3.63, 3.8) is 0 Å². The lowest BCUT2D eigenvalue weighted by molar-refractivity contribution is -0.138. The van der Waals surface area contributed by atoms with E-state index in [2.05, 4.69) is 0 Å². The van der Waals surface area contributed by atoms with E-state index >= 15 is 0 Å². The van der Waals surface area contributed by atoms with Gasteiger partial charge in [0.25, 0.3) is 0 Å². The zero-order valence-corrected chi connectivity index (χ0v) is 84.4. The Morgan fingerprint density at radius 2 is 0.476 bits per heavy atom. The van der Waals surface area contributed by atoms with Gasteiger partial charge in [-0.15, -0.1) is 0 Å². The van der Waals surface area contributed by atoms with Crippen LogP contribution in [0.4, 0.5) is 53.0 Å². The summed E-state index contributed by atoms with van der Waals surface area (Å²) in [4.78, 5) is 167. The van der Waals surface area contributed by atoms with Crippen molar-refractivity contribution in [2.45, 2.75) is 270 Å². The number of rotatable bonds is 57. The molecule has 0 spiro atoms. The van der Waals surface area contributed by atoms with E-state index < -0.39 is 47.6 Å². The van der Waals surface area contributed by atoms with Crippen LogP contribution in [0.25, 0.3) is 0 Å². The van der Waals surface area contributed by atoms with Crippen LogP contribution >= 0.6 is 11.6 Å². The summed E-state index contributed by atoms with van der Waals surface area (Å²) in [7, 11) is 11.7. The Bertz CT molecular complexity index is 5050. The van der Waals surface area contributed by atoms with Gasteiger partial charge in [-0.2, -0.15) is 10.5 Å². The van der Waals surface area contributed by atoms with E-state index in [1.54, 1.807) is 172 Å². The van der Waals surface area contributed by atoms with Crippen LogP contribution in [0.3, 0.4) is 0 Å². The number of carboxylic acids is 7. The summed E-state index contributed by atoms with van der Waals surface area (Å²) >= 11 is 5.83. The van der Waals surface area contributed by atoms with Crippen molar-refractivity contribution in [1.29, 1.82) is 10.5 Å². The highest BCUT2D eigenvalue weighted by atomic mass is 35.5. The van der Waals surface area contributed by atoms with Gasteiger partial charge in [0.2, 0.25) is 41.4 Å². The van der Waals surface area contributed by atoms with Crippen molar-refractivity contribution in [2.75, 3.05) is 90.2 Å². The number of aliphatic carboxylic acids is 7. The molecule has 0 fully saturated rings. The van der Waals surface area contributed by atoms with Crippen LogP contribution in [-0.4, -0.2) is 175 Å². The van der Waals surface area contributed by atoms with Crippen molar-refractivity contribution in [1.82, 2.24) is 0 Å². The van der Waals surface area contributed by atoms with Gasteiger partial charge in [-0.05, 0) is 255 Å². The number of para-hydroxylation sites is 1. The fourth-order valence-electron chi connectivity index (χ4n) is 13.7. The van der Waals surface area contributed by atoms with Crippen LogP contribution in [0.2, 0.25) is 5.02 Å². The molecule has 0 radical (unpaired) electrons. The number of carbonyl (C=O) groups excluding carboxylic acids is 7. The zero-order chi connectivity index (χ0) is 107. The molecular formula is C108H143ClF3N9O22. The molecule has 0 heterocycles. The molecule has 0 aliphatic carbocycles. The van der Waals surface area contributed by atoms with Gasteiger partial charge in [-0.3, -0.25) is 67.1 Å². The Morgan fingerprint density at radius 3 is 0.706 bits per heavy atom. The number of methoxy groups -OCH3 is 1. The van der Waals surface area contributed by atoms with Gasteiger partial charge in [0.05, 0.1) is 36.1 Å². The Labute approximate surface area is 843 Å². The second-order valence-corrected chi connectivity index (χ2v) is 34.0. The molecule has 0 aliphatic rings. The summed E-state index contributed by atoms with van der Waals surface area (Å²) < 4.78 is 44.2. The number of hydrogen-bond acceptors (Lipinski definition) is 17. The lowest BCUT2D eigenvalue weighted by Gasteiger charge is -2.21. The number of benzene rings is 7. The number of hydrogen-bond donors (Lipinski definition) is 7. The van der Waals surface area contributed by atoms with Gasteiger partial charge in [0.15, 0.2) is 0 Å². The highest BCUT2D eigenvalue weighted by Gasteiger charge is 2.20. The SMILES string of the molecule is CCN(C(=O)CCCCCC(=O)O)c1ccc(Cl)cc1.CN(C(=O)CCCCCC(=O)O)c1ccc(C#N)cc1.CN(C(=O)CCCCCCC(=O)O)c1ccc(C#N)cc1.CN(C(=O)CCCCCCC(=O)O)c1ccc(F)cc1.CN(C(=O)CCCCCCCC(=O)O)c1ccc(F)cc1.CN(C(=O)CCCCCCCC(=O)O)c1ccccc1F.COc1ccc(N(C)C(=O)CCCCCC(=O)O)cc1. The van der Waals surface area contributed by atoms with E-state index in [-0.39, 0.29) is 97.9 Å². The minimum Gasteiger partial charge on any atom is -0.497 e. The van der Waals surface area contributed by atoms with Gasteiger partial charge in [0, 0.05) is 178 Å². The first-order valence-electron chi connectivity index (χ1n) is 48.3. The smallest absolute Gasteiger partial charge is 0.303 e. The predicted octanol–water partition coefficient (Wildman–Crippen LogP) is 22.3. The highest BCUT2D eigenvalue weighted by Crippen LogP contribution is 2.26. The maximum absolute atomic E-state index is 13.6. The normalized spacial score (nSPS) is 10.2. The Balaban J connectivity index is 0.000000834. The predicted molar refractivity (Wildman–Crippen MR) is 547 cm³/mol. The van der Waals surface area contributed by atoms with Gasteiger partial charge in [-0.25, -0.2) is 13.2 Å². The summed E-state index contributed by atoms with van der Waals surface area (Å²) in [5.74, 6) is -5.75. The average Bonchev–Trinajstić information content (AvgIpc) is 0.894. The number of nitriles is 2. The van der Waals surface area contributed by atoms with Crippen molar-refractivity contribution in [3.05, 3.63) is 203 Å². The minimum absolute atomic E-state index is 0.00661. The maximum Gasteiger partial charge on any atom is 0.303 e. The van der Waals surface area contributed by atoms with Crippen LogP contribution < -0.4 is 39.0 Å². The summed E-state index contributed by atoms with van der Waals surface area (Å²) in [6.07, 6.45) is 25.0. The van der Waals surface area contributed by atoms with Crippen LogP contribution in [0.1, 0.15) is 281 Å². The lowest BCUT2D eigenvalue weighted by atomic mass is 10.1. The number of anilines is 7. The summed E-state index contributed by atoms with van der Waals surface area (Å²) in [5.41, 5.74) is 5.95. The van der Waals surface area contributed by atoms with E-state index in [0.29, 0.717) is 142 Å². The standard InChI is InChI=1S/2C16H22FNO3.C16H20N2O3.C15H20ClNO3.C15H20FNO3.C15H18N2O3.C15H21NO4/c1-18(14-10-8-7-9-13(14)17)15(19)11-5-3-2-4-6-12-16(20)21;1-18(14-11-9-13(17)10-12-14)15(19)7-5-3-2-4-6-8-16(20)21;1-18(14-10-8-13(12-17)9-11-14)15(19)6-4-2-3-5-7-16(20)21;1-2-17(13-10-8-12(16)9-11-13)14(18)6-4-3-5-7-15(19)20;1-17(13-10-8-12(16)9-11-13)14(18)6-4-2-3-5-7-15(19)20;1-17(13-9-7-12(11-16)8-10-13)14(18)5-3-2-4-6-15(19)20;1-16(12-8-10-13(20-2)11-9-12)14(17)6-4-3-5-7-15(18)19/h7-10H,2-6,11-12H2,1H3,(H,20,21);9-12H,2-8H2,1H3,(H,20,21);8-11H,2-7H2,1H3,(H,20,21);2*8-11H,2-7H2,1H3,(H,19,20);7-10H,2-6H2,1H3,(H,19,20);8-11H,3-7H2,1-2H3,(H,18,19). The fourth-order valence-corrected chi connectivity index (χ4v) is 13.8. The van der Waals surface area contributed by atoms with Gasteiger partial charge < -0.3 is 74.8 Å². The number of nitrogens with zero attached hydrogens (tertiary/aromatic N) is 9. The molecule has 7 aromatic carbocycles. The number of amides is 7. The van der Waals surface area contributed by atoms with E-state index in [9.17, 15) is 80.3 Å². The fraction of sp³-hybridized carbons (Fsp3) is 0.463. The molecule has 7 amide bonds. The largest absolute Gasteiger partial charge is 0.497 e. The van der Waals surface area contributed by atoms with Crippen LogP contribution in [-0.2, 0) is 67.1 Å². The number of unbranched alkanes of at least 4 members (excludes halogenated alkanes) is 20. The monoisotopic (exact) mass is 2010 g/mol. The number of ether oxygens (including phenoxy) is 1. The molecule has 0 saturated carbocycles. The van der Waals surface area contributed by atoms with Crippen LogP contribution in [0, 0.1) is 40.1 Å². The van der Waals surface area contributed by atoms with Crippen molar-refractivity contribution in [2.24, 2.45) is 0 Å². The minimum atomic E-state index is -0.800. The second-order valence-electron chi connectivity index (χ2n) is 33.6. The molecule has 7 rings (SSSR count). The van der Waals surface area contributed by atoms with E-state index in [0.717, 1.165) is 144 Å². The summed E-state index contributed by atoms with van der Waals surface area (Å²) in [6.45, 7) is 2.53.